The second-order valence-corrected chi connectivity index (χ2v) is 2.37. The number of allylic oxidation sites excluding steroid dienone is 5. The number of nitrogens with zero attached hydrogens (tertiary/aromatic N) is 1. The molecule has 0 atom stereocenters. The van der Waals surface area contributed by atoms with E-state index >= 15 is 0 Å². The molecule has 0 aromatic carbocycles. The Balaban J connectivity index is 3.19. The maximum absolute atomic E-state index is 4.10. The van der Waals surface area contributed by atoms with Crippen molar-refractivity contribution in [3.8, 4) is 0 Å². The molecule has 0 amide bonds. The van der Waals surface area contributed by atoms with Gasteiger partial charge in [0.2, 0.25) is 0 Å². The summed E-state index contributed by atoms with van der Waals surface area (Å²) in [5.41, 5.74) is 6.01. The third-order valence-corrected chi connectivity index (χ3v) is 1.67. The minimum absolute atomic E-state index is 0.958. The topological polar surface area (TPSA) is 12.4 Å². The second-order valence-electron chi connectivity index (χ2n) is 2.37. The lowest BCUT2D eigenvalue weighted by Crippen LogP contribution is -2.02. The van der Waals surface area contributed by atoms with Crippen LogP contribution in [0.4, 0.5) is 0 Å². The minimum Gasteiger partial charge on any atom is -0.287 e. The van der Waals surface area contributed by atoms with Crippen LogP contribution in [0.3, 0.4) is 0 Å². The number of hydrogen-bond donors (Lipinski definition) is 0. The van der Waals surface area contributed by atoms with E-state index in [1.165, 1.54) is 5.57 Å². The van der Waals surface area contributed by atoms with Gasteiger partial charge in [-0.3, -0.25) is 4.99 Å². The first-order valence-electron chi connectivity index (χ1n) is 3.52. The van der Waals surface area contributed by atoms with Crippen LogP contribution >= 0.6 is 0 Å². The molecule has 0 saturated heterocycles. The molecule has 1 heteroatoms. The summed E-state index contributed by atoms with van der Waals surface area (Å²) >= 11 is 0. The Kier molecular flexibility index (Phi) is 2.25. The Labute approximate surface area is 67.2 Å². The maximum Gasteiger partial charge on any atom is 0.0723 e. The van der Waals surface area contributed by atoms with E-state index in [0.717, 1.165) is 11.3 Å². The second kappa shape index (κ2) is 3.18. The zero-order chi connectivity index (χ0) is 8.27. The molecule has 1 nitrogen and oxygen atoms in total. The molecule has 56 valence electrons. The summed E-state index contributed by atoms with van der Waals surface area (Å²) in [5.74, 6) is 0. The van der Waals surface area contributed by atoms with E-state index in [0.29, 0.717) is 0 Å². The minimum atomic E-state index is 0.958. The summed E-state index contributed by atoms with van der Waals surface area (Å²) in [5, 5.41) is 0. The van der Waals surface area contributed by atoms with Crippen molar-refractivity contribution in [2.75, 3.05) is 7.05 Å². The zero-order valence-electron chi connectivity index (χ0n) is 6.89. The molecule has 0 heterocycles. The lowest BCUT2D eigenvalue weighted by molar-refractivity contribution is 1.38. The van der Waals surface area contributed by atoms with Gasteiger partial charge < -0.3 is 0 Å². The van der Waals surface area contributed by atoms with Gasteiger partial charge in [-0.05, 0) is 18.6 Å². The molecule has 0 radical (unpaired) electrons. The smallest absolute Gasteiger partial charge is 0.0723 e. The van der Waals surface area contributed by atoms with Gasteiger partial charge in [0.1, 0.15) is 0 Å². The van der Waals surface area contributed by atoms with E-state index in [9.17, 15) is 0 Å². The van der Waals surface area contributed by atoms with E-state index < -0.39 is 0 Å². The molecule has 0 aromatic rings. The monoisotopic (exact) mass is 145 g/mol. The van der Waals surface area contributed by atoms with Gasteiger partial charge in [-0.1, -0.05) is 18.7 Å². The highest BCUT2D eigenvalue weighted by atomic mass is 14.7. The fourth-order valence-corrected chi connectivity index (χ4v) is 1.07. The van der Waals surface area contributed by atoms with Crippen LogP contribution in [-0.4, -0.2) is 12.8 Å². The summed E-state index contributed by atoms with van der Waals surface area (Å²) in [6, 6.07) is 0. The predicted octanol–water partition coefficient (Wildman–Crippen LogP) is 2.28. The van der Waals surface area contributed by atoms with Crippen molar-refractivity contribution in [1.82, 2.24) is 0 Å². The highest BCUT2D eigenvalue weighted by Crippen LogP contribution is 2.14. The first-order valence-corrected chi connectivity index (χ1v) is 3.52. The summed E-state index contributed by atoms with van der Waals surface area (Å²) in [4.78, 5) is 4.10. The van der Waals surface area contributed by atoms with Gasteiger partial charge in [-0.25, -0.2) is 0 Å². The molecule has 1 rings (SSSR count). The molecule has 1 aliphatic carbocycles. The lowest BCUT2D eigenvalue weighted by Gasteiger charge is -2.07. The van der Waals surface area contributed by atoms with E-state index in [1.54, 1.807) is 7.05 Å². The lowest BCUT2D eigenvalue weighted by atomic mass is 9.99. The van der Waals surface area contributed by atoms with Crippen LogP contribution in [0.5, 0.6) is 0 Å². The Hall–Kier alpha value is -1.33. The molecule has 0 fully saturated rings. The molecule has 0 spiro atoms. The standard InChI is InChI=1S/C10H11N/c1-4-9-8(2)6-5-7-10(9)11-3/h5-7H,1H2,2-3H3. The molecule has 0 aromatic heterocycles. The van der Waals surface area contributed by atoms with E-state index in [-0.39, 0.29) is 0 Å². The van der Waals surface area contributed by atoms with E-state index in [2.05, 4.69) is 17.3 Å². The molecule has 0 saturated carbocycles. The largest absolute Gasteiger partial charge is 0.287 e. The maximum atomic E-state index is 4.10. The Morgan fingerprint density at radius 2 is 2.27 bits per heavy atom. The normalized spacial score (nSPS) is 20.0. The van der Waals surface area contributed by atoms with Crippen molar-refractivity contribution in [2.45, 2.75) is 6.92 Å². The van der Waals surface area contributed by atoms with Crippen molar-refractivity contribution >= 4 is 5.71 Å². The molecule has 0 aliphatic heterocycles. The SMILES string of the molecule is C=C=C1C(C)=CC=CC1=NC. The van der Waals surface area contributed by atoms with Crippen LogP contribution in [0.1, 0.15) is 6.92 Å². The van der Waals surface area contributed by atoms with E-state index in [4.69, 9.17) is 0 Å². The predicted molar refractivity (Wildman–Crippen MR) is 48.9 cm³/mol. The molecule has 0 unspecified atom stereocenters. The van der Waals surface area contributed by atoms with Crippen LogP contribution in [0.25, 0.3) is 0 Å². The third-order valence-electron chi connectivity index (χ3n) is 1.67. The van der Waals surface area contributed by atoms with Crippen molar-refractivity contribution in [3.05, 3.63) is 41.7 Å². The van der Waals surface area contributed by atoms with E-state index in [1.807, 2.05) is 25.2 Å². The van der Waals surface area contributed by atoms with Gasteiger partial charge in [0.05, 0.1) is 5.71 Å². The summed E-state index contributed by atoms with van der Waals surface area (Å²) < 4.78 is 0. The van der Waals surface area contributed by atoms with Gasteiger partial charge in [0.25, 0.3) is 0 Å². The first-order chi connectivity index (χ1) is 5.29. The van der Waals surface area contributed by atoms with Crippen LogP contribution in [-0.2, 0) is 0 Å². The van der Waals surface area contributed by atoms with Crippen molar-refractivity contribution in [2.24, 2.45) is 4.99 Å². The number of hydrogen-bond acceptors (Lipinski definition) is 1. The van der Waals surface area contributed by atoms with Crippen molar-refractivity contribution in [1.29, 1.82) is 0 Å². The molecule has 1 aliphatic rings. The van der Waals surface area contributed by atoms with Crippen molar-refractivity contribution < 1.29 is 0 Å². The average Bonchev–Trinajstić information content (AvgIpc) is 2.04. The summed E-state index contributed by atoms with van der Waals surface area (Å²) in [6.45, 7) is 5.65. The quantitative estimate of drug-likeness (QED) is 0.464. The Bertz CT molecular complexity index is 297. The number of aliphatic imine (C=N–C) groups is 1. The fourth-order valence-electron chi connectivity index (χ4n) is 1.07. The molecule has 0 bridgehead atoms. The fraction of sp³-hybridized carbons (Fsp3) is 0.200. The molecule has 11 heavy (non-hydrogen) atoms. The third kappa shape index (κ3) is 1.39. The molecular weight excluding hydrogens is 134 g/mol. The Morgan fingerprint density at radius 1 is 1.55 bits per heavy atom. The van der Waals surface area contributed by atoms with Gasteiger partial charge in [-0.15, -0.1) is 5.73 Å². The van der Waals surface area contributed by atoms with Crippen LogP contribution in [0, 0.1) is 0 Å². The molecule has 0 N–H and O–H groups in total. The van der Waals surface area contributed by atoms with Gasteiger partial charge in [-0.2, -0.15) is 0 Å². The van der Waals surface area contributed by atoms with Gasteiger partial charge in [0, 0.05) is 12.6 Å². The van der Waals surface area contributed by atoms with Crippen LogP contribution in [0.15, 0.2) is 46.7 Å². The highest BCUT2D eigenvalue weighted by Gasteiger charge is 2.06. The summed E-state index contributed by atoms with van der Waals surface area (Å²) in [6.07, 6.45) is 5.97. The number of rotatable bonds is 0. The first kappa shape index (κ1) is 7.77. The molecular formula is C10H11N. The summed E-state index contributed by atoms with van der Waals surface area (Å²) in [7, 11) is 1.77. The Morgan fingerprint density at radius 3 is 2.73 bits per heavy atom. The van der Waals surface area contributed by atoms with Gasteiger partial charge >= 0.3 is 0 Å². The zero-order valence-corrected chi connectivity index (χ0v) is 6.89. The average molecular weight is 145 g/mol. The van der Waals surface area contributed by atoms with Crippen LogP contribution < -0.4 is 0 Å². The van der Waals surface area contributed by atoms with Crippen LogP contribution in [0.2, 0.25) is 0 Å². The highest BCUT2D eigenvalue weighted by molar-refractivity contribution is 6.12. The van der Waals surface area contributed by atoms with Crippen molar-refractivity contribution in [3.63, 3.8) is 0 Å². The van der Waals surface area contributed by atoms with Gasteiger partial charge in [0.15, 0.2) is 0 Å².